The molecule has 5 nitrogen and oxygen atoms in total. The number of benzene rings is 2. The van der Waals surface area contributed by atoms with Crippen LogP contribution in [-0.2, 0) is 4.74 Å². The lowest BCUT2D eigenvalue weighted by Crippen LogP contribution is -2.13. The third kappa shape index (κ3) is 4.23. The number of rotatable bonds is 5. The van der Waals surface area contributed by atoms with Gasteiger partial charge in [-0.25, -0.2) is 4.79 Å². The molecule has 0 heterocycles. The molecule has 0 fully saturated rings. The van der Waals surface area contributed by atoms with Crippen LogP contribution in [-0.4, -0.2) is 25.6 Å². The summed E-state index contributed by atoms with van der Waals surface area (Å²) in [5.41, 5.74) is 1.06. The van der Waals surface area contributed by atoms with Crippen molar-refractivity contribution in [1.82, 2.24) is 0 Å². The normalized spacial score (nSPS) is 10.0. The lowest BCUT2D eigenvalue weighted by molar-refractivity contribution is 0.0600. The molecule has 2 aromatic rings. The number of hydrogen-bond donors (Lipinski definition) is 1. The van der Waals surface area contributed by atoms with Gasteiger partial charge in [0.05, 0.1) is 30.0 Å². The standard InChI is InChI=1S/C17H16ClNO4/c1-3-23-13-6-4-5-11(9-13)16(20)19-15-10-12(17(21)22-2)7-8-14(15)18/h4-10H,3H2,1-2H3,(H,19,20). The second-order valence-electron chi connectivity index (χ2n) is 4.60. The molecule has 0 aliphatic rings. The quantitative estimate of drug-likeness (QED) is 0.846. The van der Waals surface area contributed by atoms with Gasteiger partial charge in [-0.2, -0.15) is 0 Å². The number of amides is 1. The zero-order valence-electron chi connectivity index (χ0n) is 12.8. The Bertz CT molecular complexity index is 730. The second-order valence-corrected chi connectivity index (χ2v) is 5.01. The fourth-order valence-electron chi connectivity index (χ4n) is 1.95. The Labute approximate surface area is 139 Å². The van der Waals surface area contributed by atoms with E-state index in [0.29, 0.717) is 34.2 Å². The summed E-state index contributed by atoms with van der Waals surface area (Å²) in [5.74, 6) is -0.250. The van der Waals surface area contributed by atoms with Crippen molar-refractivity contribution in [2.24, 2.45) is 0 Å². The maximum atomic E-state index is 12.3. The summed E-state index contributed by atoms with van der Waals surface area (Å²) in [5, 5.41) is 3.01. The summed E-state index contributed by atoms with van der Waals surface area (Å²) in [7, 11) is 1.29. The van der Waals surface area contributed by atoms with Gasteiger partial charge in [-0.15, -0.1) is 0 Å². The smallest absolute Gasteiger partial charge is 0.337 e. The summed E-state index contributed by atoms with van der Waals surface area (Å²) in [6, 6.07) is 11.3. The number of hydrogen-bond acceptors (Lipinski definition) is 4. The third-order valence-electron chi connectivity index (χ3n) is 3.04. The molecule has 1 N–H and O–H groups in total. The Balaban J connectivity index is 2.23. The maximum Gasteiger partial charge on any atom is 0.337 e. The van der Waals surface area contributed by atoms with Crippen LogP contribution in [0.2, 0.25) is 5.02 Å². The highest BCUT2D eigenvalue weighted by molar-refractivity contribution is 6.34. The summed E-state index contributed by atoms with van der Waals surface area (Å²) >= 11 is 6.07. The topological polar surface area (TPSA) is 64.6 Å². The van der Waals surface area contributed by atoms with Crippen LogP contribution < -0.4 is 10.1 Å². The van der Waals surface area contributed by atoms with Crippen molar-refractivity contribution in [2.75, 3.05) is 19.0 Å². The van der Waals surface area contributed by atoms with Gasteiger partial charge in [0, 0.05) is 5.56 Å². The molecular formula is C17H16ClNO4. The van der Waals surface area contributed by atoms with Gasteiger partial charge >= 0.3 is 5.97 Å². The molecule has 2 aromatic carbocycles. The molecule has 0 saturated heterocycles. The van der Waals surface area contributed by atoms with Crippen LogP contribution in [0, 0.1) is 0 Å². The molecule has 23 heavy (non-hydrogen) atoms. The molecule has 120 valence electrons. The molecule has 0 atom stereocenters. The zero-order chi connectivity index (χ0) is 16.8. The van der Waals surface area contributed by atoms with E-state index in [4.69, 9.17) is 16.3 Å². The molecule has 2 rings (SSSR count). The summed E-state index contributed by atoms with van der Waals surface area (Å²) < 4.78 is 10.0. The van der Waals surface area contributed by atoms with E-state index in [2.05, 4.69) is 10.1 Å². The minimum atomic E-state index is -0.504. The molecule has 0 aromatic heterocycles. The van der Waals surface area contributed by atoms with Gasteiger partial charge in [0.2, 0.25) is 0 Å². The van der Waals surface area contributed by atoms with E-state index in [1.54, 1.807) is 24.3 Å². The number of esters is 1. The van der Waals surface area contributed by atoms with E-state index in [1.807, 2.05) is 6.92 Å². The number of nitrogens with one attached hydrogen (secondary N) is 1. The predicted octanol–water partition coefficient (Wildman–Crippen LogP) is 3.78. The van der Waals surface area contributed by atoms with Crippen molar-refractivity contribution in [3.8, 4) is 5.75 Å². The van der Waals surface area contributed by atoms with Crippen LogP contribution in [0.1, 0.15) is 27.6 Å². The van der Waals surface area contributed by atoms with Crippen molar-refractivity contribution >= 4 is 29.2 Å². The SMILES string of the molecule is CCOc1cccc(C(=O)Nc2cc(C(=O)OC)ccc2Cl)c1. The first kappa shape index (κ1) is 16.8. The molecule has 0 spiro atoms. The lowest BCUT2D eigenvalue weighted by atomic mass is 10.1. The Morgan fingerprint density at radius 1 is 1.13 bits per heavy atom. The van der Waals surface area contributed by atoms with Gasteiger partial charge in [-0.3, -0.25) is 4.79 Å². The van der Waals surface area contributed by atoms with Gasteiger partial charge in [-0.05, 0) is 43.3 Å². The molecule has 0 radical (unpaired) electrons. The van der Waals surface area contributed by atoms with Gasteiger partial charge in [0.15, 0.2) is 0 Å². The molecular weight excluding hydrogens is 318 g/mol. The first-order chi connectivity index (χ1) is 11.0. The average molecular weight is 334 g/mol. The average Bonchev–Trinajstić information content (AvgIpc) is 2.56. The van der Waals surface area contributed by atoms with Crippen LogP contribution in [0.5, 0.6) is 5.75 Å². The number of carbonyl (C=O) groups is 2. The molecule has 1 amide bonds. The Morgan fingerprint density at radius 2 is 1.91 bits per heavy atom. The van der Waals surface area contributed by atoms with Gasteiger partial charge in [0.25, 0.3) is 5.91 Å². The zero-order valence-corrected chi connectivity index (χ0v) is 13.5. The fourth-order valence-corrected chi connectivity index (χ4v) is 2.12. The Morgan fingerprint density at radius 3 is 2.61 bits per heavy atom. The number of halogens is 1. The second kappa shape index (κ2) is 7.65. The molecule has 0 aliphatic carbocycles. The largest absolute Gasteiger partial charge is 0.494 e. The minimum absolute atomic E-state index is 0.301. The van der Waals surface area contributed by atoms with E-state index in [0.717, 1.165) is 0 Å². The van der Waals surface area contributed by atoms with Gasteiger partial charge in [-0.1, -0.05) is 17.7 Å². The van der Waals surface area contributed by atoms with Crippen molar-refractivity contribution < 1.29 is 19.1 Å². The van der Waals surface area contributed by atoms with Crippen LogP contribution in [0.15, 0.2) is 42.5 Å². The Kier molecular flexibility index (Phi) is 5.60. The van der Waals surface area contributed by atoms with Crippen LogP contribution >= 0.6 is 11.6 Å². The summed E-state index contributed by atoms with van der Waals surface area (Å²) in [6.07, 6.45) is 0. The monoisotopic (exact) mass is 333 g/mol. The summed E-state index contributed by atoms with van der Waals surface area (Å²) in [4.78, 5) is 23.9. The first-order valence-electron chi connectivity index (χ1n) is 6.97. The van der Waals surface area contributed by atoms with E-state index in [1.165, 1.54) is 25.3 Å². The van der Waals surface area contributed by atoms with E-state index >= 15 is 0 Å². The van der Waals surface area contributed by atoms with E-state index < -0.39 is 5.97 Å². The van der Waals surface area contributed by atoms with Crippen LogP contribution in [0.4, 0.5) is 5.69 Å². The van der Waals surface area contributed by atoms with Gasteiger partial charge in [0.1, 0.15) is 5.75 Å². The minimum Gasteiger partial charge on any atom is -0.494 e. The molecule has 0 aliphatic heterocycles. The van der Waals surface area contributed by atoms with Crippen molar-refractivity contribution in [3.05, 3.63) is 58.6 Å². The number of anilines is 1. The van der Waals surface area contributed by atoms with Crippen molar-refractivity contribution in [3.63, 3.8) is 0 Å². The maximum absolute atomic E-state index is 12.3. The highest BCUT2D eigenvalue weighted by Gasteiger charge is 2.13. The first-order valence-corrected chi connectivity index (χ1v) is 7.35. The predicted molar refractivity (Wildman–Crippen MR) is 88.4 cm³/mol. The summed E-state index contributed by atoms with van der Waals surface area (Å²) in [6.45, 7) is 2.38. The van der Waals surface area contributed by atoms with Crippen LogP contribution in [0.25, 0.3) is 0 Å². The lowest BCUT2D eigenvalue weighted by Gasteiger charge is -2.10. The molecule has 0 unspecified atom stereocenters. The van der Waals surface area contributed by atoms with Gasteiger partial charge < -0.3 is 14.8 Å². The number of carbonyl (C=O) groups excluding carboxylic acids is 2. The fraction of sp³-hybridized carbons (Fsp3) is 0.176. The number of methoxy groups -OCH3 is 1. The van der Waals surface area contributed by atoms with Crippen LogP contribution in [0.3, 0.4) is 0 Å². The number of ether oxygens (including phenoxy) is 2. The highest BCUT2D eigenvalue weighted by atomic mass is 35.5. The highest BCUT2D eigenvalue weighted by Crippen LogP contribution is 2.24. The molecule has 0 saturated carbocycles. The molecule has 6 heteroatoms. The Hall–Kier alpha value is -2.53. The third-order valence-corrected chi connectivity index (χ3v) is 3.37. The van der Waals surface area contributed by atoms with E-state index in [9.17, 15) is 9.59 Å². The van der Waals surface area contributed by atoms with Crippen molar-refractivity contribution in [2.45, 2.75) is 6.92 Å². The van der Waals surface area contributed by atoms with E-state index in [-0.39, 0.29) is 5.91 Å². The van der Waals surface area contributed by atoms with Crippen molar-refractivity contribution in [1.29, 1.82) is 0 Å². The molecule has 0 bridgehead atoms.